The van der Waals surface area contributed by atoms with Crippen LogP contribution in [0.1, 0.15) is 10.4 Å². The third-order valence-electron chi connectivity index (χ3n) is 3.36. The molecule has 6 nitrogen and oxygen atoms in total. The lowest BCUT2D eigenvalue weighted by molar-refractivity contribution is -0.133. The van der Waals surface area contributed by atoms with Crippen molar-refractivity contribution in [1.29, 1.82) is 0 Å². The molecule has 2 aromatic carbocycles. The first-order valence-electron chi connectivity index (χ1n) is 7.08. The fourth-order valence-corrected chi connectivity index (χ4v) is 2.19. The van der Waals surface area contributed by atoms with Crippen LogP contribution in [0.2, 0.25) is 0 Å². The highest BCUT2D eigenvalue weighted by molar-refractivity contribution is 5.96. The van der Waals surface area contributed by atoms with Crippen molar-refractivity contribution in [2.75, 3.05) is 6.54 Å². The van der Waals surface area contributed by atoms with Crippen LogP contribution >= 0.6 is 0 Å². The highest BCUT2D eigenvalue weighted by Gasteiger charge is 2.10. The molecule has 3 aromatic rings. The Morgan fingerprint density at radius 3 is 2.74 bits per heavy atom. The van der Waals surface area contributed by atoms with Crippen LogP contribution in [-0.2, 0) is 11.8 Å². The maximum absolute atomic E-state index is 11.8. The summed E-state index contributed by atoms with van der Waals surface area (Å²) in [7, 11) is 1.89. The Morgan fingerprint density at radius 2 is 1.96 bits per heavy atom. The number of aryl methyl sites for hydroxylation is 1. The molecule has 1 heterocycles. The second kappa shape index (κ2) is 6.31. The zero-order valence-electron chi connectivity index (χ0n) is 12.5. The molecule has 0 unspecified atom stereocenters. The molecule has 0 atom stereocenters. The van der Waals surface area contributed by atoms with Crippen molar-refractivity contribution in [3.05, 3.63) is 60.4 Å². The SMILES string of the molecule is Cn1cnc2cc(OC(=O)CNC(=O)c3ccccc3)ccc21. The van der Waals surface area contributed by atoms with E-state index >= 15 is 0 Å². The molecule has 3 rings (SSSR count). The molecule has 6 heteroatoms. The quantitative estimate of drug-likeness (QED) is 0.590. The van der Waals surface area contributed by atoms with Gasteiger partial charge in [-0.2, -0.15) is 0 Å². The number of esters is 1. The number of rotatable bonds is 4. The second-order valence-electron chi connectivity index (χ2n) is 5.03. The second-order valence-corrected chi connectivity index (χ2v) is 5.03. The molecule has 1 aromatic heterocycles. The van der Waals surface area contributed by atoms with E-state index in [-0.39, 0.29) is 12.5 Å². The Hall–Kier alpha value is -3.15. The summed E-state index contributed by atoms with van der Waals surface area (Å²) in [5.41, 5.74) is 2.18. The molecule has 23 heavy (non-hydrogen) atoms. The summed E-state index contributed by atoms with van der Waals surface area (Å²) < 4.78 is 7.09. The molecule has 1 amide bonds. The Kier molecular flexibility index (Phi) is 4.05. The third-order valence-corrected chi connectivity index (χ3v) is 3.36. The van der Waals surface area contributed by atoms with Gasteiger partial charge in [0.25, 0.3) is 5.91 Å². The van der Waals surface area contributed by atoms with E-state index in [1.165, 1.54) is 0 Å². The summed E-state index contributed by atoms with van der Waals surface area (Å²) in [5, 5.41) is 2.53. The number of benzene rings is 2. The molecule has 116 valence electrons. The highest BCUT2D eigenvalue weighted by atomic mass is 16.5. The van der Waals surface area contributed by atoms with Crippen molar-refractivity contribution >= 4 is 22.9 Å². The maximum Gasteiger partial charge on any atom is 0.330 e. The minimum Gasteiger partial charge on any atom is -0.425 e. The van der Waals surface area contributed by atoms with Gasteiger partial charge in [-0.3, -0.25) is 4.79 Å². The number of carbonyl (C=O) groups is 2. The molecule has 0 aliphatic rings. The molecule has 0 spiro atoms. The zero-order chi connectivity index (χ0) is 16.2. The average Bonchev–Trinajstić information content (AvgIpc) is 2.94. The van der Waals surface area contributed by atoms with Crippen LogP contribution < -0.4 is 10.1 Å². The third kappa shape index (κ3) is 3.37. The van der Waals surface area contributed by atoms with E-state index in [1.54, 1.807) is 42.7 Å². The van der Waals surface area contributed by atoms with Crippen LogP contribution in [0.5, 0.6) is 5.75 Å². The van der Waals surface area contributed by atoms with Gasteiger partial charge in [-0.25, -0.2) is 9.78 Å². The van der Waals surface area contributed by atoms with E-state index in [2.05, 4.69) is 10.3 Å². The highest BCUT2D eigenvalue weighted by Crippen LogP contribution is 2.19. The van der Waals surface area contributed by atoms with Gasteiger partial charge in [0, 0.05) is 18.7 Å². The van der Waals surface area contributed by atoms with Gasteiger partial charge < -0.3 is 14.6 Å². The van der Waals surface area contributed by atoms with E-state index in [4.69, 9.17) is 4.74 Å². The Labute approximate surface area is 132 Å². The fraction of sp³-hybridized carbons (Fsp3) is 0.118. The Morgan fingerprint density at radius 1 is 1.17 bits per heavy atom. The normalized spacial score (nSPS) is 10.5. The number of nitrogens with one attached hydrogen (secondary N) is 1. The molecule has 0 aliphatic heterocycles. The number of carbonyl (C=O) groups excluding carboxylic acids is 2. The molecule has 0 radical (unpaired) electrons. The number of fused-ring (bicyclic) bond motifs is 1. The molecule has 1 N–H and O–H groups in total. The summed E-state index contributed by atoms with van der Waals surface area (Å²) in [6.45, 7) is -0.200. The first-order valence-corrected chi connectivity index (χ1v) is 7.08. The summed E-state index contributed by atoms with van der Waals surface area (Å²) in [4.78, 5) is 27.9. The van der Waals surface area contributed by atoms with E-state index in [0.717, 1.165) is 11.0 Å². The van der Waals surface area contributed by atoms with E-state index in [1.807, 2.05) is 23.7 Å². The van der Waals surface area contributed by atoms with Crippen molar-refractivity contribution in [2.24, 2.45) is 7.05 Å². The van der Waals surface area contributed by atoms with E-state index in [0.29, 0.717) is 11.3 Å². The van der Waals surface area contributed by atoms with Gasteiger partial charge in [-0.15, -0.1) is 0 Å². The molecule has 0 fully saturated rings. The summed E-state index contributed by atoms with van der Waals surface area (Å²) >= 11 is 0. The predicted molar refractivity (Wildman–Crippen MR) is 85.1 cm³/mol. The van der Waals surface area contributed by atoms with Crippen molar-refractivity contribution < 1.29 is 14.3 Å². The Balaban J connectivity index is 1.59. The molecule has 0 saturated carbocycles. The molecule has 0 bridgehead atoms. The number of aromatic nitrogens is 2. The van der Waals surface area contributed by atoms with Gasteiger partial charge in [0.2, 0.25) is 0 Å². The van der Waals surface area contributed by atoms with Crippen LogP contribution in [0.15, 0.2) is 54.9 Å². The molecule has 0 saturated heterocycles. The minimum atomic E-state index is -0.537. The van der Waals surface area contributed by atoms with E-state index < -0.39 is 5.97 Å². The van der Waals surface area contributed by atoms with Crippen molar-refractivity contribution in [2.45, 2.75) is 0 Å². The van der Waals surface area contributed by atoms with Crippen molar-refractivity contribution in [3.8, 4) is 5.75 Å². The first kappa shape index (κ1) is 14.8. The summed E-state index contributed by atoms with van der Waals surface area (Å²) in [5.74, 6) is -0.456. The van der Waals surface area contributed by atoms with E-state index in [9.17, 15) is 9.59 Å². The largest absolute Gasteiger partial charge is 0.425 e. The Bertz CT molecular complexity index is 856. The number of amides is 1. The number of hydrogen-bond acceptors (Lipinski definition) is 4. The van der Waals surface area contributed by atoms with Gasteiger partial charge in [-0.05, 0) is 24.3 Å². The number of ether oxygens (including phenoxy) is 1. The lowest BCUT2D eigenvalue weighted by Crippen LogP contribution is -2.31. The maximum atomic E-state index is 11.8. The van der Waals surface area contributed by atoms with Crippen molar-refractivity contribution in [3.63, 3.8) is 0 Å². The lowest BCUT2D eigenvalue weighted by atomic mass is 10.2. The number of hydrogen-bond donors (Lipinski definition) is 1. The standard InChI is InChI=1S/C17H15N3O3/c1-20-11-19-14-9-13(7-8-15(14)20)23-16(21)10-18-17(22)12-5-3-2-4-6-12/h2-9,11H,10H2,1H3,(H,18,22). The minimum absolute atomic E-state index is 0.200. The zero-order valence-corrected chi connectivity index (χ0v) is 12.5. The van der Waals surface area contributed by atoms with Gasteiger partial charge in [0.05, 0.1) is 17.4 Å². The van der Waals surface area contributed by atoms with Gasteiger partial charge in [0.15, 0.2) is 0 Å². The number of nitrogens with zero attached hydrogens (tertiary/aromatic N) is 2. The van der Waals surface area contributed by atoms with Gasteiger partial charge in [-0.1, -0.05) is 18.2 Å². The van der Waals surface area contributed by atoms with Crippen LogP contribution in [0, 0.1) is 0 Å². The summed E-state index contributed by atoms with van der Waals surface area (Å²) in [6.07, 6.45) is 1.69. The topological polar surface area (TPSA) is 73.2 Å². The smallest absolute Gasteiger partial charge is 0.330 e. The summed E-state index contributed by atoms with van der Waals surface area (Å²) in [6, 6.07) is 13.9. The number of imidazole rings is 1. The van der Waals surface area contributed by atoms with Crippen LogP contribution in [0.3, 0.4) is 0 Å². The molecular formula is C17H15N3O3. The first-order chi connectivity index (χ1) is 11.1. The van der Waals surface area contributed by atoms with Crippen LogP contribution in [0.25, 0.3) is 11.0 Å². The average molecular weight is 309 g/mol. The molecule has 0 aliphatic carbocycles. The predicted octanol–water partition coefficient (Wildman–Crippen LogP) is 1.91. The van der Waals surface area contributed by atoms with Crippen LogP contribution in [-0.4, -0.2) is 28.0 Å². The molecular weight excluding hydrogens is 294 g/mol. The monoisotopic (exact) mass is 309 g/mol. The van der Waals surface area contributed by atoms with Crippen molar-refractivity contribution in [1.82, 2.24) is 14.9 Å². The van der Waals surface area contributed by atoms with Crippen LogP contribution in [0.4, 0.5) is 0 Å². The van der Waals surface area contributed by atoms with Gasteiger partial charge >= 0.3 is 5.97 Å². The van der Waals surface area contributed by atoms with Gasteiger partial charge in [0.1, 0.15) is 12.3 Å². The fourth-order valence-electron chi connectivity index (χ4n) is 2.19. The lowest BCUT2D eigenvalue weighted by Gasteiger charge is -2.06.